The number of nitrogens with one attached hydrogen (secondary N) is 1. The molecular weight excluding hydrogens is 358 g/mol. The molecule has 0 radical (unpaired) electrons. The van der Waals surface area contributed by atoms with E-state index in [0.29, 0.717) is 12.2 Å². The number of hydrogen-bond acceptors (Lipinski definition) is 3. The Hall–Kier alpha value is -2.15. The standard InChI is InChI=1S/C16H16BrN5O/c1-21-14-3-2-6-22(9-10(14)8-18-21)16(23)15-12-7-11(17)4-5-13(12)19-20-15/h4-5,7-8H,2-3,6,9H2,1H3,(H,19,20). The van der Waals surface area contributed by atoms with Gasteiger partial charge in [-0.1, -0.05) is 15.9 Å². The van der Waals surface area contributed by atoms with Crippen molar-refractivity contribution in [1.29, 1.82) is 0 Å². The van der Waals surface area contributed by atoms with E-state index in [1.54, 1.807) is 0 Å². The highest BCUT2D eigenvalue weighted by Gasteiger charge is 2.25. The molecule has 1 N–H and O–H groups in total. The highest BCUT2D eigenvalue weighted by Crippen LogP contribution is 2.24. The Balaban J connectivity index is 1.69. The van der Waals surface area contributed by atoms with Crippen LogP contribution in [0.25, 0.3) is 10.9 Å². The molecule has 1 aromatic carbocycles. The molecule has 118 valence electrons. The Morgan fingerprint density at radius 2 is 2.26 bits per heavy atom. The van der Waals surface area contributed by atoms with Crippen molar-refractivity contribution in [2.45, 2.75) is 19.4 Å². The van der Waals surface area contributed by atoms with Crippen molar-refractivity contribution >= 4 is 32.7 Å². The molecule has 0 spiro atoms. The molecule has 0 bridgehead atoms. The van der Waals surface area contributed by atoms with Crippen LogP contribution in [-0.2, 0) is 20.0 Å². The number of fused-ring (bicyclic) bond motifs is 2. The summed E-state index contributed by atoms with van der Waals surface area (Å²) >= 11 is 3.46. The summed E-state index contributed by atoms with van der Waals surface area (Å²) in [6.07, 6.45) is 3.74. The lowest BCUT2D eigenvalue weighted by Gasteiger charge is -2.19. The molecule has 3 heterocycles. The first kappa shape index (κ1) is 14.4. The van der Waals surface area contributed by atoms with Gasteiger partial charge in [-0.2, -0.15) is 10.2 Å². The van der Waals surface area contributed by atoms with Crippen LogP contribution >= 0.6 is 15.9 Å². The summed E-state index contributed by atoms with van der Waals surface area (Å²) < 4.78 is 2.84. The lowest BCUT2D eigenvalue weighted by molar-refractivity contribution is 0.0742. The zero-order chi connectivity index (χ0) is 16.0. The highest BCUT2D eigenvalue weighted by atomic mass is 79.9. The van der Waals surface area contributed by atoms with Gasteiger partial charge < -0.3 is 4.90 Å². The summed E-state index contributed by atoms with van der Waals surface area (Å²) in [4.78, 5) is 14.8. The van der Waals surface area contributed by atoms with Crippen LogP contribution in [0, 0.1) is 0 Å². The smallest absolute Gasteiger partial charge is 0.275 e. The molecule has 0 unspecified atom stereocenters. The number of aromatic amines is 1. The second-order valence-electron chi connectivity index (χ2n) is 5.83. The Bertz CT molecular complexity index is 897. The molecule has 1 amide bonds. The van der Waals surface area contributed by atoms with Gasteiger partial charge in [-0.3, -0.25) is 14.6 Å². The van der Waals surface area contributed by atoms with Crippen molar-refractivity contribution in [3.63, 3.8) is 0 Å². The molecule has 4 rings (SSSR count). The second-order valence-corrected chi connectivity index (χ2v) is 6.75. The average Bonchev–Trinajstić information content (AvgIpc) is 3.02. The quantitative estimate of drug-likeness (QED) is 0.712. The summed E-state index contributed by atoms with van der Waals surface area (Å²) in [5.74, 6) is -0.0361. The van der Waals surface area contributed by atoms with Gasteiger partial charge in [0, 0.05) is 41.3 Å². The van der Waals surface area contributed by atoms with Crippen molar-refractivity contribution in [3.8, 4) is 0 Å². The topological polar surface area (TPSA) is 66.8 Å². The molecule has 0 atom stereocenters. The third kappa shape index (κ3) is 2.45. The summed E-state index contributed by atoms with van der Waals surface area (Å²) in [7, 11) is 1.95. The van der Waals surface area contributed by atoms with Gasteiger partial charge in [0.25, 0.3) is 5.91 Å². The van der Waals surface area contributed by atoms with E-state index in [1.165, 1.54) is 5.69 Å². The number of aromatic nitrogens is 4. The monoisotopic (exact) mass is 373 g/mol. The summed E-state index contributed by atoms with van der Waals surface area (Å²) in [5.41, 5.74) is 3.69. The number of carbonyl (C=O) groups is 1. The number of rotatable bonds is 1. The molecule has 3 aromatic rings. The van der Waals surface area contributed by atoms with E-state index in [-0.39, 0.29) is 5.91 Å². The number of halogens is 1. The van der Waals surface area contributed by atoms with Crippen LogP contribution in [0.4, 0.5) is 0 Å². The van der Waals surface area contributed by atoms with Crippen LogP contribution in [0.5, 0.6) is 0 Å². The van der Waals surface area contributed by atoms with E-state index in [9.17, 15) is 4.79 Å². The maximum Gasteiger partial charge on any atom is 0.275 e. The number of amides is 1. The van der Waals surface area contributed by atoms with Crippen LogP contribution in [0.3, 0.4) is 0 Å². The number of nitrogens with zero attached hydrogens (tertiary/aromatic N) is 4. The Labute approximate surface area is 141 Å². The van der Waals surface area contributed by atoms with Crippen LogP contribution in [0.2, 0.25) is 0 Å². The Morgan fingerprint density at radius 1 is 1.39 bits per heavy atom. The largest absolute Gasteiger partial charge is 0.333 e. The Morgan fingerprint density at radius 3 is 3.13 bits per heavy atom. The SMILES string of the molecule is Cn1ncc2c1CCCN(C(=O)c1n[nH]c3ccc(Br)cc13)C2. The lowest BCUT2D eigenvalue weighted by atomic mass is 10.2. The molecule has 1 aliphatic heterocycles. The first-order valence-electron chi connectivity index (χ1n) is 7.56. The van der Waals surface area contributed by atoms with Gasteiger partial charge in [0.1, 0.15) is 0 Å². The average molecular weight is 374 g/mol. The fraction of sp³-hybridized carbons (Fsp3) is 0.312. The van der Waals surface area contributed by atoms with Gasteiger partial charge in [0.15, 0.2) is 5.69 Å². The predicted molar refractivity (Wildman–Crippen MR) is 90.1 cm³/mol. The van der Waals surface area contributed by atoms with Gasteiger partial charge in [-0.15, -0.1) is 0 Å². The van der Waals surface area contributed by atoms with Crippen molar-refractivity contribution in [1.82, 2.24) is 24.9 Å². The molecule has 6 nitrogen and oxygen atoms in total. The van der Waals surface area contributed by atoms with Crippen molar-refractivity contribution < 1.29 is 4.79 Å². The van der Waals surface area contributed by atoms with Crippen molar-refractivity contribution in [2.24, 2.45) is 7.05 Å². The molecule has 0 saturated carbocycles. The van der Waals surface area contributed by atoms with Crippen LogP contribution in [0.15, 0.2) is 28.9 Å². The lowest BCUT2D eigenvalue weighted by Crippen LogP contribution is -2.31. The molecule has 2 aromatic heterocycles. The van der Waals surface area contributed by atoms with Gasteiger partial charge >= 0.3 is 0 Å². The van der Waals surface area contributed by atoms with E-state index >= 15 is 0 Å². The van der Waals surface area contributed by atoms with E-state index in [1.807, 2.05) is 41.0 Å². The minimum Gasteiger partial charge on any atom is -0.333 e. The zero-order valence-electron chi connectivity index (χ0n) is 12.7. The van der Waals surface area contributed by atoms with E-state index < -0.39 is 0 Å². The van der Waals surface area contributed by atoms with E-state index in [0.717, 1.165) is 40.3 Å². The minimum atomic E-state index is -0.0361. The first-order chi connectivity index (χ1) is 11.1. The Kier molecular flexibility index (Phi) is 3.45. The van der Waals surface area contributed by atoms with Crippen molar-refractivity contribution in [3.05, 3.63) is 45.8 Å². The fourth-order valence-corrected chi connectivity index (χ4v) is 3.52. The van der Waals surface area contributed by atoms with Gasteiger partial charge in [-0.25, -0.2) is 0 Å². The summed E-state index contributed by atoms with van der Waals surface area (Å²) in [6, 6.07) is 5.78. The van der Waals surface area contributed by atoms with Gasteiger partial charge in [0.2, 0.25) is 0 Å². The number of hydrogen-bond donors (Lipinski definition) is 1. The molecule has 7 heteroatoms. The van der Waals surface area contributed by atoms with Gasteiger partial charge in [-0.05, 0) is 31.0 Å². The minimum absolute atomic E-state index is 0.0361. The molecular formula is C16H16BrN5O. The van der Waals surface area contributed by atoms with E-state index in [4.69, 9.17) is 0 Å². The molecule has 0 fully saturated rings. The maximum atomic E-state index is 13.0. The number of aryl methyl sites for hydroxylation is 1. The normalized spacial score (nSPS) is 14.8. The molecule has 1 aliphatic rings. The number of carbonyl (C=O) groups excluding carboxylic acids is 1. The number of H-pyrrole nitrogens is 1. The third-order valence-electron chi connectivity index (χ3n) is 4.37. The second kappa shape index (κ2) is 5.49. The predicted octanol–water partition coefficient (Wildman–Crippen LogP) is 2.65. The third-order valence-corrected chi connectivity index (χ3v) is 4.86. The molecule has 23 heavy (non-hydrogen) atoms. The molecule has 0 saturated heterocycles. The zero-order valence-corrected chi connectivity index (χ0v) is 14.3. The van der Waals surface area contributed by atoms with E-state index in [2.05, 4.69) is 31.2 Å². The summed E-state index contributed by atoms with van der Waals surface area (Å²) in [5, 5.41) is 12.3. The maximum absolute atomic E-state index is 13.0. The van der Waals surface area contributed by atoms with Crippen LogP contribution < -0.4 is 0 Å². The highest BCUT2D eigenvalue weighted by molar-refractivity contribution is 9.10. The summed E-state index contributed by atoms with van der Waals surface area (Å²) in [6.45, 7) is 1.32. The number of benzene rings is 1. The van der Waals surface area contributed by atoms with Crippen LogP contribution in [-0.4, -0.2) is 37.3 Å². The van der Waals surface area contributed by atoms with Gasteiger partial charge in [0.05, 0.1) is 11.7 Å². The fourth-order valence-electron chi connectivity index (χ4n) is 3.16. The molecule has 0 aliphatic carbocycles. The van der Waals surface area contributed by atoms with Crippen LogP contribution in [0.1, 0.15) is 28.2 Å². The van der Waals surface area contributed by atoms with Crippen molar-refractivity contribution in [2.75, 3.05) is 6.54 Å². The first-order valence-corrected chi connectivity index (χ1v) is 8.35.